The van der Waals surface area contributed by atoms with Crippen molar-refractivity contribution in [1.29, 1.82) is 0 Å². The quantitative estimate of drug-likeness (QED) is 0.541. The predicted octanol–water partition coefficient (Wildman–Crippen LogP) is 2.76. The molecule has 0 saturated heterocycles. The topological polar surface area (TPSA) is 48.1 Å². The van der Waals surface area contributed by atoms with Gasteiger partial charge in [-0.3, -0.25) is 0 Å². The standard InChI is InChI=1S/C21H38N4O2/c1-5-23(6-2)15-14-22-21(26)25(17-16-24(7-3)8-4)18-19-27-20-12-10-9-11-13-20/h9-13H,5-8,14-19H2,1-4H3,(H,22,26). The summed E-state index contributed by atoms with van der Waals surface area (Å²) in [6.45, 7) is 16.8. The Labute approximate surface area is 165 Å². The molecule has 0 atom stereocenters. The Hall–Kier alpha value is -1.79. The number of benzene rings is 1. The highest BCUT2D eigenvalue weighted by Gasteiger charge is 2.14. The molecule has 0 aromatic heterocycles. The summed E-state index contributed by atoms with van der Waals surface area (Å²) in [5.41, 5.74) is 0. The molecule has 154 valence electrons. The highest BCUT2D eigenvalue weighted by atomic mass is 16.5. The Bertz CT molecular complexity index is 490. The summed E-state index contributed by atoms with van der Waals surface area (Å²) in [5.74, 6) is 0.836. The first-order chi connectivity index (χ1) is 13.1. The van der Waals surface area contributed by atoms with E-state index in [1.165, 1.54) is 0 Å². The van der Waals surface area contributed by atoms with Crippen molar-refractivity contribution in [2.45, 2.75) is 27.7 Å². The van der Waals surface area contributed by atoms with E-state index in [0.717, 1.165) is 45.0 Å². The van der Waals surface area contributed by atoms with Crippen LogP contribution in [0.5, 0.6) is 5.75 Å². The molecule has 0 fully saturated rings. The smallest absolute Gasteiger partial charge is 0.317 e. The van der Waals surface area contributed by atoms with Gasteiger partial charge in [0.05, 0.1) is 6.54 Å². The molecule has 0 spiro atoms. The van der Waals surface area contributed by atoms with Gasteiger partial charge < -0.3 is 24.8 Å². The van der Waals surface area contributed by atoms with Gasteiger partial charge in [-0.15, -0.1) is 0 Å². The van der Waals surface area contributed by atoms with E-state index in [0.29, 0.717) is 26.2 Å². The third-order valence-electron chi connectivity index (χ3n) is 4.84. The van der Waals surface area contributed by atoms with E-state index in [4.69, 9.17) is 4.74 Å². The summed E-state index contributed by atoms with van der Waals surface area (Å²) in [6, 6.07) is 9.73. The number of carbonyl (C=O) groups is 1. The average molecular weight is 379 g/mol. The molecule has 1 rings (SSSR count). The Morgan fingerprint density at radius 3 is 2.04 bits per heavy atom. The van der Waals surface area contributed by atoms with Gasteiger partial charge in [0.25, 0.3) is 0 Å². The van der Waals surface area contributed by atoms with E-state index in [-0.39, 0.29) is 6.03 Å². The van der Waals surface area contributed by atoms with Crippen LogP contribution in [0.4, 0.5) is 4.79 Å². The fraction of sp³-hybridized carbons (Fsp3) is 0.667. The zero-order valence-corrected chi connectivity index (χ0v) is 17.6. The first-order valence-corrected chi connectivity index (χ1v) is 10.3. The molecule has 0 aliphatic rings. The van der Waals surface area contributed by atoms with Crippen LogP contribution in [0.2, 0.25) is 0 Å². The summed E-state index contributed by atoms with van der Waals surface area (Å²) >= 11 is 0. The van der Waals surface area contributed by atoms with Crippen LogP contribution in [-0.2, 0) is 0 Å². The van der Waals surface area contributed by atoms with E-state index in [9.17, 15) is 4.79 Å². The maximum atomic E-state index is 12.7. The number of amides is 2. The van der Waals surface area contributed by atoms with E-state index in [1.54, 1.807) is 0 Å². The maximum absolute atomic E-state index is 12.7. The van der Waals surface area contributed by atoms with Crippen molar-refractivity contribution in [2.24, 2.45) is 0 Å². The van der Waals surface area contributed by atoms with E-state index in [2.05, 4.69) is 42.8 Å². The van der Waals surface area contributed by atoms with Gasteiger partial charge in [-0.05, 0) is 38.3 Å². The fourth-order valence-electron chi connectivity index (χ4n) is 2.88. The lowest BCUT2D eigenvalue weighted by molar-refractivity contribution is 0.169. The highest BCUT2D eigenvalue weighted by molar-refractivity contribution is 5.74. The number of hydrogen-bond donors (Lipinski definition) is 1. The van der Waals surface area contributed by atoms with Gasteiger partial charge in [-0.25, -0.2) is 4.79 Å². The summed E-state index contributed by atoms with van der Waals surface area (Å²) in [5, 5.41) is 3.06. The zero-order valence-electron chi connectivity index (χ0n) is 17.6. The number of rotatable bonds is 14. The fourth-order valence-corrected chi connectivity index (χ4v) is 2.88. The lowest BCUT2D eigenvalue weighted by Gasteiger charge is -2.27. The van der Waals surface area contributed by atoms with Gasteiger partial charge >= 0.3 is 6.03 Å². The van der Waals surface area contributed by atoms with Crippen LogP contribution in [-0.4, -0.2) is 86.2 Å². The first-order valence-electron chi connectivity index (χ1n) is 10.3. The Morgan fingerprint density at radius 2 is 1.44 bits per heavy atom. The molecule has 0 aliphatic carbocycles. The number of nitrogens with one attached hydrogen (secondary N) is 1. The number of urea groups is 1. The van der Waals surface area contributed by atoms with Gasteiger partial charge in [0.1, 0.15) is 12.4 Å². The van der Waals surface area contributed by atoms with Gasteiger partial charge in [0.15, 0.2) is 0 Å². The lowest BCUT2D eigenvalue weighted by atomic mass is 10.3. The number of likely N-dealkylation sites (N-methyl/N-ethyl adjacent to an activating group) is 2. The van der Waals surface area contributed by atoms with Crippen LogP contribution < -0.4 is 10.1 Å². The van der Waals surface area contributed by atoms with Crippen LogP contribution in [0, 0.1) is 0 Å². The molecule has 0 unspecified atom stereocenters. The number of hydrogen-bond acceptors (Lipinski definition) is 4. The Kier molecular flexibility index (Phi) is 12.3. The molecule has 1 aromatic carbocycles. The number of nitrogens with zero attached hydrogens (tertiary/aromatic N) is 3. The second-order valence-electron chi connectivity index (χ2n) is 6.43. The predicted molar refractivity (Wildman–Crippen MR) is 112 cm³/mol. The average Bonchev–Trinajstić information content (AvgIpc) is 2.71. The summed E-state index contributed by atoms with van der Waals surface area (Å²) in [4.78, 5) is 19.2. The number of ether oxygens (including phenoxy) is 1. The number of carbonyl (C=O) groups excluding carboxylic acids is 1. The minimum atomic E-state index is -0.00836. The SMILES string of the molecule is CCN(CC)CCNC(=O)N(CCOc1ccccc1)CCN(CC)CC. The molecule has 27 heavy (non-hydrogen) atoms. The second-order valence-corrected chi connectivity index (χ2v) is 6.43. The minimum Gasteiger partial charge on any atom is -0.492 e. The van der Waals surface area contributed by atoms with E-state index in [1.807, 2.05) is 35.2 Å². The normalized spacial score (nSPS) is 11.0. The van der Waals surface area contributed by atoms with Crippen LogP contribution in [0.1, 0.15) is 27.7 Å². The summed E-state index contributed by atoms with van der Waals surface area (Å²) in [7, 11) is 0. The third kappa shape index (κ3) is 9.63. The van der Waals surface area contributed by atoms with Gasteiger partial charge in [0.2, 0.25) is 0 Å². The van der Waals surface area contributed by atoms with Crippen molar-refractivity contribution in [3.63, 3.8) is 0 Å². The van der Waals surface area contributed by atoms with Crippen molar-refractivity contribution >= 4 is 6.03 Å². The molecule has 6 heteroatoms. The molecular weight excluding hydrogens is 340 g/mol. The van der Waals surface area contributed by atoms with E-state index >= 15 is 0 Å². The van der Waals surface area contributed by atoms with Crippen LogP contribution in [0.3, 0.4) is 0 Å². The van der Waals surface area contributed by atoms with Crippen LogP contribution in [0.25, 0.3) is 0 Å². The molecule has 0 aliphatic heterocycles. The molecule has 6 nitrogen and oxygen atoms in total. The molecule has 0 bridgehead atoms. The third-order valence-corrected chi connectivity index (χ3v) is 4.84. The highest BCUT2D eigenvalue weighted by Crippen LogP contribution is 2.08. The molecule has 0 saturated carbocycles. The Balaban J connectivity index is 2.50. The molecular formula is C21H38N4O2. The first kappa shape index (κ1) is 23.2. The minimum absolute atomic E-state index is 0.00836. The van der Waals surface area contributed by atoms with Crippen molar-refractivity contribution in [1.82, 2.24) is 20.0 Å². The summed E-state index contributed by atoms with van der Waals surface area (Å²) < 4.78 is 5.78. The van der Waals surface area contributed by atoms with Crippen LogP contribution in [0.15, 0.2) is 30.3 Å². The molecule has 1 aromatic rings. The summed E-state index contributed by atoms with van der Waals surface area (Å²) in [6.07, 6.45) is 0. The number of para-hydroxylation sites is 1. The second kappa shape index (κ2) is 14.3. The lowest BCUT2D eigenvalue weighted by Crippen LogP contribution is -2.47. The van der Waals surface area contributed by atoms with Gasteiger partial charge in [0, 0.05) is 26.2 Å². The zero-order chi connectivity index (χ0) is 19.9. The maximum Gasteiger partial charge on any atom is 0.317 e. The monoisotopic (exact) mass is 378 g/mol. The van der Waals surface area contributed by atoms with Crippen molar-refractivity contribution in [3.05, 3.63) is 30.3 Å². The van der Waals surface area contributed by atoms with Gasteiger partial charge in [-0.2, -0.15) is 0 Å². The van der Waals surface area contributed by atoms with E-state index < -0.39 is 0 Å². The largest absolute Gasteiger partial charge is 0.492 e. The molecule has 0 radical (unpaired) electrons. The van der Waals surface area contributed by atoms with Crippen molar-refractivity contribution in [2.75, 3.05) is 65.5 Å². The molecule has 0 heterocycles. The molecule has 2 amide bonds. The van der Waals surface area contributed by atoms with Crippen molar-refractivity contribution in [3.8, 4) is 5.75 Å². The Morgan fingerprint density at radius 1 is 0.852 bits per heavy atom. The van der Waals surface area contributed by atoms with Gasteiger partial charge in [-0.1, -0.05) is 45.9 Å². The molecule has 1 N–H and O–H groups in total. The van der Waals surface area contributed by atoms with Crippen LogP contribution >= 0.6 is 0 Å². The van der Waals surface area contributed by atoms with Crippen molar-refractivity contribution < 1.29 is 9.53 Å².